The molecule has 1 saturated heterocycles. The number of hydrogen-bond acceptors (Lipinski definition) is 2. The normalized spacial score (nSPS) is 15.9. The van der Waals surface area contributed by atoms with Gasteiger partial charge in [-0.25, -0.2) is 0 Å². The number of nitrogens with zero attached hydrogens (tertiary/aromatic N) is 1. The van der Waals surface area contributed by atoms with Crippen molar-refractivity contribution in [3.05, 3.63) is 28.8 Å². The van der Waals surface area contributed by atoms with E-state index in [0.29, 0.717) is 16.3 Å². The average Bonchev–Trinajstić information content (AvgIpc) is 3.02. The third kappa shape index (κ3) is 3.76. The maximum absolute atomic E-state index is 12.4. The molecule has 0 aromatic heterocycles. The molecule has 5 heteroatoms. The minimum absolute atomic E-state index is 0.00297. The van der Waals surface area contributed by atoms with Crippen molar-refractivity contribution in [2.24, 2.45) is 5.92 Å². The lowest BCUT2D eigenvalue weighted by Gasteiger charge is -2.17. The number of hydrogen-bond donors (Lipinski definition) is 1. The van der Waals surface area contributed by atoms with Crippen molar-refractivity contribution in [1.29, 1.82) is 0 Å². The fourth-order valence-corrected chi connectivity index (χ4v) is 2.46. The van der Waals surface area contributed by atoms with E-state index in [1.54, 1.807) is 18.2 Å². The maximum atomic E-state index is 12.4. The largest absolute Gasteiger partial charge is 0.339 e. The fourth-order valence-electron chi connectivity index (χ4n) is 2.30. The summed E-state index contributed by atoms with van der Waals surface area (Å²) in [5.74, 6) is -0.160. The van der Waals surface area contributed by atoms with E-state index in [1.165, 1.54) is 0 Å². The summed E-state index contributed by atoms with van der Waals surface area (Å²) in [6.45, 7) is 5.42. The zero-order chi connectivity index (χ0) is 15.4. The highest BCUT2D eigenvalue weighted by Gasteiger charge is 2.21. The smallest absolute Gasteiger partial charge is 0.253 e. The van der Waals surface area contributed by atoms with E-state index < -0.39 is 0 Å². The molecule has 1 aromatic carbocycles. The predicted octanol–water partition coefficient (Wildman–Crippen LogP) is 3.56. The Bertz CT molecular complexity index is 539. The highest BCUT2D eigenvalue weighted by molar-refractivity contribution is 6.33. The molecule has 114 valence electrons. The van der Waals surface area contributed by atoms with Crippen molar-refractivity contribution in [2.45, 2.75) is 33.1 Å². The second-order valence-corrected chi connectivity index (χ2v) is 5.90. The molecule has 0 radical (unpaired) electrons. The molecule has 1 fully saturated rings. The van der Waals surface area contributed by atoms with Crippen molar-refractivity contribution in [3.63, 3.8) is 0 Å². The van der Waals surface area contributed by atoms with Gasteiger partial charge >= 0.3 is 0 Å². The van der Waals surface area contributed by atoms with Gasteiger partial charge in [-0.15, -0.1) is 0 Å². The van der Waals surface area contributed by atoms with E-state index in [4.69, 9.17) is 11.6 Å². The Morgan fingerprint density at radius 3 is 2.62 bits per heavy atom. The van der Waals surface area contributed by atoms with Crippen molar-refractivity contribution < 1.29 is 9.59 Å². The van der Waals surface area contributed by atoms with E-state index in [2.05, 4.69) is 5.32 Å². The number of carbonyl (C=O) groups is 2. The second kappa shape index (κ2) is 6.94. The molecule has 0 bridgehead atoms. The van der Waals surface area contributed by atoms with E-state index in [1.807, 2.05) is 18.7 Å². The third-order valence-electron chi connectivity index (χ3n) is 3.92. The Kier molecular flexibility index (Phi) is 5.23. The van der Waals surface area contributed by atoms with Gasteiger partial charge in [-0.3, -0.25) is 9.59 Å². The monoisotopic (exact) mass is 308 g/mol. The standard InChI is InChI=1S/C16H21ClN2O2/c1-3-11(2)15(20)18-14-10-12(6-7-13(14)17)16(21)19-8-4-5-9-19/h6-7,10-11H,3-5,8-9H2,1-2H3,(H,18,20). The molecule has 4 nitrogen and oxygen atoms in total. The minimum Gasteiger partial charge on any atom is -0.339 e. The van der Waals surface area contributed by atoms with Gasteiger partial charge in [-0.1, -0.05) is 25.4 Å². The van der Waals surface area contributed by atoms with Crippen LogP contribution in [0.4, 0.5) is 5.69 Å². The van der Waals surface area contributed by atoms with E-state index in [0.717, 1.165) is 32.4 Å². The van der Waals surface area contributed by atoms with Crippen LogP contribution in [0, 0.1) is 5.92 Å². The zero-order valence-corrected chi connectivity index (χ0v) is 13.2. The topological polar surface area (TPSA) is 49.4 Å². The Balaban J connectivity index is 2.16. The quantitative estimate of drug-likeness (QED) is 0.924. The van der Waals surface area contributed by atoms with Gasteiger partial charge in [0.15, 0.2) is 0 Å². The molecule has 0 aliphatic carbocycles. The molecular formula is C16H21ClN2O2. The van der Waals surface area contributed by atoms with Gasteiger partial charge in [-0.2, -0.15) is 0 Å². The first-order valence-corrected chi connectivity index (χ1v) is 7.80. The van der Waals surface area contributed by atoms with Crippen molar-refractivity contribution >= 4 is 29.1 Å². The van der Waals surface area contributed by atoms with Gasteiger partial charge < -0.3 is 10.2 Å². The van der Waals surface area contributed by atoms with Crippen LogP contribution < -0.4 is 5.32 Å². The number of carbonyl (C=O) groups excluding carboxylic acids is 2. The highest BCUT2D eigenvalue weighted by atomic mass is 35.5. The molecule has 1 aromatic rings. The van der Waals surface area contributed by atoms with Crippen molar-refractivity contribution in [3.8, 4) is 0 Å². The van der Waals surface area contributed by atoms with Crippen molar-refractivity contribution in [1.82, 2.24) is 4.90 Å². The summed E-state index contributed by atoms with van der Waals surface area (Å²) in [6, 6.07) is 5.04. The summed E-state index contributed by atoms with van der Waals surface area (Å²) in [7, 11) is 0. The molecule has 2 amide bonds. The van der Waals surface area contributed by atoms with E-state index >= 15 is 0 Å². The third-order valence-corrected chi connectivity index (χ3v) is 4.25. The van der Waals surface area contributed by atoms with Crippen LogP contribution in [0.2, 0.25) is 5.02 Å². The SMILES string of the molecule is CCC(C)C(=O)Nc1cc(C(=O)N2CCCC2)ccc1Cl. The first-order chi connectivity index (χ1) is 10.0. The first-order valence-electron chi connectivity index (χ1n) is 7.42. The van der Waals surface area contributed by atoms with Gasteiger partial charge in [-0.05, 0) is 37.5 Å². The summed E-state index contributed by atoms with van der Waals surface area (Å²) >= 11 is 6.11. The van der Waals surface area contributed by atoms with Gasteiger partial charge in [0.1, 0.15) is 0 Å². The summed E-state index contributed by atoms with van der Waals surface area (Å²) in [6.07, 6.45) is 2.86. The van der Waals surface area contributed by atoms with Crippen LogP contribution in [-0.2, 0) is 4.79 Å². The lowest BCUT2D eigenvalue weighted by molar-refractivity contribution is -0.119. The first kappa shape index (κ1) is 15.8. The maximum Gasteiger partial charge on any atom is 0.253 e. The van der Waals surface area contributed by atoms with Gasteiger partial charge in [0.2, 0.25) is 5.91 Å². The van der Waals surface area contributed by atoms with Crippen LogP contribution in [0.5, 0.6) is 0 Å². The molecule has 0 saturated carbocycles. The average molecular weight is 309 g/mol. The zero-order valence-electron chi connectivity index (χ0n) is 12.5. The number of nitrogens with one attached hydrogen (secondary N) is 1. The van der Waals surface area contributed by atoms with Crippen LogP contribution in [-0.4, -0.2) is 29.8 Å². The van der Waals surface area contributed by atoms with Crippen LogP contribution >= 0.6 is 11.6 Å². The van der Waals surface area contributed by atoms with Crippen LogP contribution in [0.3, 0.4) is 0 Å². The number of amides is 2. The van der Waals surface area contributed by atoms with Gasteiger partial charge in [0, 0.05) is 24.6 Å². The highest BCUT2D eigenvalue weighted by Crippen LogP contribution is 2.25. The molecule has 21 heavy (non-hydrogen) atoms. The lowest BCUT2D eigenvalue weighted by atomic mass is 10.1. The van der Waals surface area contributed by atoms with E-state index in [-0.39, 0.29) is 17.7 Å². The Labute approximate surface area is 130 Å². The number of likely N-dealkylation sites (tertiary alicyclic amines) is 1. The number of rotatable bonds is 4. The van der Waals surface area contributed by atoms with Gasteiger partial charge in [0.05, 0.1) is 10.7 Å². The molecule has 1 aliphatic heterocycles. The molecular weight excluding hydrogens is 288 g/mol. The molecule has 1 N–H and O–H groups in total. The molecule has 1 atom stereocenters. The predicted molar refractivity (Wildman–Crippen MR) is 84.7 cm³/mol. The number of benzene rings is 1. The van der Waals surface area contributed by atoms with Crippen molar-refractivity contribution in [2.75, 3.05) is 18.4 Å². The molecule has 0 spiro atoms. The van der Waals surface area contributed by atoms with Crippen LogP contribution in [0.1, 0.15) is 43.5 Å². The fraction of sp³-hybridized carbons (Fsp3) is 0.500. The summed E-state index contributed by atoms with van der Waals surface area (Å²) in [5.41, 5.74) is 1.08. The molecule has 1 unspecified atom stereocenters. The van der Waals surface area contributed by atoms with Crippen LogP contribution in [0.15, 0.2) is 18.2 Å². The molecule has 2 rings (SSSR count). The summed E-state index contributed by atoms with van der Waals surface area (Å²) in [4.78, 5) is 26.2. The second-order valence-electron chi connectivity index (χ2n) is 5.49. The Hall–Kier alpha value is -1.55. The van der Waals surface area contributed by atoms with E-state index in [9.17, 15) is 9.59 Å². The molecule has 1 aliphatic rings. The lowest BCUT2D eigenvalue weighted by Crippen LogP contribution is -2.27. The summed E-state index contributed by atoms with van der Waals surface area (Å²) in [5, 5.41) is 3.25. The number of anilines is 1. The number of halogens is 1. The Morgan fingerprint density at radius 1 is 1.33 bits per heavy atom. The van der Waals surface area contributed by atoms with Crippen LogP contribution in [0.25, 0.3) is 0 Å². The minimum atomic E-state index is -0.0843. The molecule has 1 heterocycles. The Morgan fingerprint density at radius 2 is 2.00 bits per heavy atom. The summed E-state index contributed by atoms with van der Waals surface area (Å²) < 4.78 is 0. The van der Waals surface area contributed by atoms with Gasteiger partial charge in [0.25, 0.3) is 5.91 Å².